The molecule has 0 aliphatic carbocycles. The maximum absolute atomic E-state index is 12.5. The Kier molecular flexibility index (Phi) is 7.24. The maximum Gasteiger partial charge on any atom is 0.261 e. The number of benzene rings is 3. The number of sulfonamides is 2. The number of carbonyl (C=O) groups is 1. The number of para-hydroxylation sites is 1. The number of carbonyl (C=O) groups excluding carboxylic acids is 1. The molecule has 0 aliphatic heterocycles. The zero-order valence-electron chi connectivity index (χ0n) is 17.9. The Morgan fingerprint density at radius 1 is 0.848 bits per heavy atom. The van der Waals surface area contributed by atoms with Crippen LogP contribution in [-0.4, -0.2) is 42.7 Å². The summed E-state index contributed by atoms with van der Waals surface area (Å²) in [6.45, 7) is -0.458. The first kappa shape index (κ1) is 24.1. The lowest BCUT2D eigenvalue weighted by atomic mass is 10.3. The van der Waals surface area contributed by atoms with Crippen LogP contribution in [0.3, 0.4) is 0 Å². The molecule has 0 fully saturated rings. The third-order valence-electron chi connectivity index (χ3n) is 4.52. The summed E-state index contributed by atoms with van der Waals surface area (Å²) < 4.78 is 58.0. The van der Waals surface area contributed by atoms with Crippen LogP contribution in [0.25, 0.3) is 0 Å². The van der Waals surface area contributed by atoms with Gasteiger partial charge in [0.25, 0.3) is 10.0 Å². The highest BCUT2D eigenvalue weighted by atomic mass is 32.2. The van der Waals surface area contributed by atoms with E-state index in [1.165, 1.54) is 43.5 Å². The van der Waals surface area contributed by atoms with E-state index >= 15 is 0 Å². The van der Waals surface area contributed by atoms with Gasteiger partial charge < -0.3 is 10.1 Å². The van der Waals surface area contributed by atoms with Crippen LogP contribution in [0.4, 0.5) is 17.1 Å². The Balaban J connectivity index is 1.70. The van der Waals surface area contributed by atoms with Gasteiger partial charge in [-0.25, -0.2) is 16.8 Å². The summed E-state index contributed by atoms with van der Waals surface area (Å²) in [5, 5.41) is 2.58. The quantitative estimate of drug-likeness (QED) is 0.477. The van der Waals surface area contributed by atoms with E-state index in [0.29, 0.717) is 22.8 Å². The van der Waals surface area contributed by atoms with Crippen molar-refractivity contribution in [3.05, 3.63) is 78.9 Å². The van der Waals surface area contributed by atoms with Gasteiger partial charge in [-0.05, 0) is 60.7 Å². The number of rotatable bonds is 9. The van der Waals surface area contributed by atoms with Gasteiger partial charge in [0.05, 0.1) is 23.9 Å². The van der Waals surface area contributed by atoms with Crippen molar-refractivity contribution >= 4 is 43.0 Å². The molecule has 0 spiro atoms. The van der Waals surface area contributed by atoms with Crippen molar-refractivity contribution in [1.29, 1.82) is 0 Å². The van der Waals surface area contributed by atoms with Crippen LogP contribution in [0.15, 0.2) is 83.8 Å². The second-order valence-corrected chi connectivity index (χ2v) is 10.6. The topological polar surface area (TPSA) is 122 Å². The fraction of sp³-hybridized carbons (Fsp3) is 0.136. The Bertz CT molecular complexity index is 1310. The first-order chi connectivity index (χ1) is 15.6. The average molecular weight is 490 g/mol. The summed E-state index contributed by atoms with van der Waals surface area (Å²) in [7, 11) is -6.04. The molecule has 0 saturated heterocycles. The molecule has 3 aromatic rings. The van der Waals surface area contributed by atoms with E-state index in [4.69, 9.17) is 4.74 Å². The lowest BCUT2D eigenvalue weighted by Gasteiger charge is -2.22. The zero-order chi connectivity index (χ0) is 24.1. The van der Waals surface area contributed by atoms with Crippen molar-refractivity contribution in [3.63, 3.8) is 0 Å². The highest BCUT2D eigenvalue weighted by Gasteiger charge is 2.21. The Hall–Kier alpha value is -3.57. The molecule has 9 nitrogen and oxygen atoms in total. The van der Waals surface area contributed by atoms with Crippen molar-refractivity contribution in [1.82, 2.24) is 0 Å². The number of nitrogens with one attached hydrogen (secondary N) is 2. The van der Waals surface area contributed by atoms with Gasteiger partial charge in [0, 0.05) is 11.4 Å². The van der Waals surface area contributed by atoms with E-state index in [-0.39, 0.29) is 4.90 Å². The third-order valence-corrected chi connectivity index (χ3v) is 7.06. The van der Waals surface area contributed by atoms with E-state index in [1.54, 1.807) is 42.5 Å². The van der Waals surface area contributed by atoms with E-state index in [0.717, 1.165) is 10.6 Å². The van der Waals surface area contributed by atoms with Crippen LogP contribution in [0, 0.1) is 0 Å². The fourth-order valence-electron chi connectivity index (χ4n) is 2.92. The first-order valence-corrected chi connectivity index (χ1v) is 13.0. The number of hydrogen-bond acceptors (Lipinski definition) is 6. The SMILES string of the molecule is COc1ccc(N(CC(=O)Nc2ccc(S(=O)(=O)Nc3ccccc3)cc2)S(C)(=O)=O)cc1. The molecule has 1 amide bonds. The van der Waals surface area contributed by atoms with Crippen LogP contribution in [0.2, 0.25) is 0 Å². The zero-order valence-corrected chi connectivity index (χ0v) is 19.6. The summed E-state index contributed by atoms with van der Waals surface area (Å²) in [6.07, 6.45) is 1.00. The van der Waals surface area contributed by atoms with Crippen LogP contribution in [0.1, 0.15) is 0 Å². The molecule has 3 aromatic carbocycles. The second-order valence-electron chi connectivity index (χ2n) is 7.01. The monoisotopic (exact) mass is 489 g/mol. The lowest BCUT2D eigenvalue weighted by Crippen LogP contribution is -2.37. The average Bonchev–Trinajstić information content (AvgIpc) is 2.77. The van der Waals surface area contributed by atoms with Crippen LogP contribution >= 0.6 is 0 Å². The summed E-state index contributed by atoms with van der Waals surface area (Å²) in [6, 6.07) is 20.2. The minimum absolute atomic E-state index is 0.0142. The number of hydrogen-bond donors (Lipinski definition) is 2. The van der Waals surface area contributed by atoms with E-state index in [2.05, 4.69) is 10.0 Å². The van der Waals surface area contributed by atoms with Crippen molar-refractivity contribution in [3.8, 4) is 5.75 Å². The molecule has 0 unspecified atom stereocenters. The van der Waals surface area contributed by atoms with Gasteiger partial charge >= 0.3 is 0 Å². The summed E-state index contributed by atoms with van der Waals surface area (Å²) >= 11 is 0. The molecule has 0 aliphatic rings. The molecule has 2 N–H and O–H groups in total. The third kappa shape index (κ3) is 6.46. The Morgan fingerprint density at radius 3 is 2.00 bits per heavy atom. The minimum Gasteiger partial charge on any atom is -0.497 e. The number of ether oxygens (including phenoxy) is 1. The number of methoxy groups -OCH3 is 1. The summed E-state index contributed by atoms with van der Waals surface area (Å²) in [5.41, 5.74) is 1.05. The van der Waals surface area contributed by atoms with Crippen molar-refractivity contribution in [2.24, 2.45) is 0 Å². The molecule has 0 radical (unpaired) electrons. The van der Waals surface area contributed by atoms with Gasteiger partial charge in [-0.2, -0.15) is 0 Å². The van der Waals surface area contributed by atoms with Gasteiger partial charge in [0.2, 0.25) is 15.9 Å². The fourth-order valence-corrected chi connectivity index (χ4v) is 4.83. The van der Waals surface area contributed by atoms with Crippen molar-refractivity contribution < 1.29 is 26.4 Å². The molecule has 174 valence electrons. The van der Waals surface area contributed by atoms with Gasteiger partial charge in [0.1, 0.15) is 12.3 Å². The second kappa shape index (κ2) is 9.92. The molecule has 11 heteroatoms. The highest BCUT2D eigenvalue weighted by Crippen LogP contribution is 2.22. The molecule has 3 rings (SSSR count). The molecule has 0 bridgehead atoms. The molecule has 0 atom stereocenters. The van der Waals surface area contributed by atoms with Crippen LogP contribution in [0.5, 0.6) is 5.75 Å². The van der Waals surface area contributed by atoms with Gasteiger partial charge in [-0.3, -0.25) is 13.8 Å². The van der Waals surface area contributed by atoms with E-state index in [1.807, 2.05) is 0 Å². The molecule has 33 heavy (non-hydrogen) atoms. The Morgan fingerprint density at radius 2 is 1.45 bits per heavy atom. The number of amides is 1. The predicted molar refractivity (Wildman–Crippen MR) is 128 cm³/mol. The summed E-state index contributed by atoms with van der Waals surface area (Å²) in [4.78, 5) is 12.5. The number of nitrogens with zero attached hydrogens (tertiary/aromatic N) is 1. The summed E-state index contributed by atoms with van der Waals surface area (Å²) in [5.74, 6) is -0.0392. The molecular formula is C22H23N3O6S2. The van der Waals surface area contributed by atoms with E-state index in [9.17, 15) is 21.6 Å². The molecule has 0 aromatic heterocycles. The smallest absolute Gasteiger partial charge is 0.261 e. The van der Waals surface area contributed by atoms with Crippen LogP contribution < -0.4 is 19.1 Å². The molecular weight excluding hydrogens is 466 g/mol. The van der Waals surface area contributed by atoms with Gasteiger partial charge in [-0.15, -0.1) is 0 Å². The Labute approximate surface area is 193 Å². The van der Waals surface area contributed by atoms with Crippen molar-refractivity contribution in [2.45, 2.75) is 4.90 Å². The van der Waals surface area contributed by atoms with Gasteiger partial charge in [0.15, 0.2) is 0 Å². The number of anilines is 3. The van der Waals surface area contributed by atoms with Gasteiger partial charge in [-0.1, -0.05) is 18.2 Å². The van der Waals surface area contributed by atoms with Crippen LogP contribution in [-0.2, 0) is 24.8 Å². The highest BCUT2D eigenvalue weighted by molar-refractivity contribution is 7.92. The first-order valence-electron chi connectivity index (χ1n) is 9.68. The molecule has 0 saturated carbocycles. The van der Waals surface area contributed by atoms with E-state index < -0.39 is 32.5 Å². The maximum atomic E-state index is 12.5. The standard InChI is InChI=1S/C22H23N3O6S2/c1-31-20-12-10-19(11-13-20)25(32(2,27)28)16-22(26)23-17-8-14-21(15-9-17)33(29,30)24-18-6-4-3-5-7-18/h3-15,24H,16H2,1-2H3,(H,23,26). The predicted octanol–water partition coefficient (Wildman–Crippen LogP) is 2.90. The normalized spacial score (nSPS) is 11.5. The minimum atomic E-state index is -3.80. The molecule has 0 heterocycles. The van der Waals surface area contributed by atoms with Crippen molar-refractivity contribution in [2.75, 3.05) is 34.3 Å². The largest absolute Gasteiger partial charge is 0.497 e. The lowest BCUT2D eigenvalue weighted by molar-refractivity contribution is -0.114.